The number of aromatic nitrogens is 5. The van der Waals surface area contributed by atoms with Crippen LogP contribution in [0.1, 0.15) is 18.2 Å². The van der Waals surface area contributed by atoms with Crippen LogP contribution in [0.5, 0.6) is 0 Å². The maximum Gasteiger partial charge on any atom is 0.238 e. The number of hydrogen-bond donors (Lipinski definition) is 0. The Morgan fingerprint density at radius 1 is 0.411 bits per heavy atom. The molecule has 0 fully saturated rings. The lowest BCUT2D eigenvalue weighted by Gasteiger charge is -2.16. The number of hydrogen-bond acceptors (Lipinski definition) is 3. The quantitative estimate of drug-likeness (QED) is 0.172. The smallest absolute Gasteiger partial charge is 0.238 e. The number of fused-ring (bicyclic) bond motifs is 7. The first kappa shape index (κ1) is 32.1. The summed E-state index contributed by atoms with van der Waals surface area (Å²) >= 11 is 0. The maximum absolute atomic E-state index is 5.35. The average Bonchev–Trinajstić information content (AvgIpc) is 3.80. The van der Waals surface area contributed by atoms with Crippen molar-refractivity contribution in [1.29, 1.82) is 0 Å². The minimum absolute atomic E-state index is 0.0341. The molecule has 0 saturated heterocycles. The molecule has 264 valence electrons. The van der Waals surface area contributed by atoms with Crippen LogP contribution in [-0.2, 0) is 0 Å². The molecule has 0 N–H and O–H groups in total. The highest BCUT2D eigenvalue weighted by atomic mass is 15.2. The lowest BCUT2D eigenvalue weighted by Crippen LogP contribution is -2.11. The first-order chi connectivity index (χ1) is 27.8. The van der Waals surface area contributed by atoms with E-state index in [4.69, 9.17) is 15.0 Å². The Morgan fingerprint density at radius 3 is 1.54 bits per heavy atom. The van der Waals surface area contributed by atoms with Gasteiger partial charge in [0, 0.05) is 38.7 Å². The molecule has 1 aliphatic rings. The third-order valence-electron chi connectivity index (χ3n) is 11.1. The third-order valence-corrected chi connectivity index (χ3v) is 11.1. The van der Waals surface area contributed by atoms with E-state index < -0.39 is 0 Å². The highest BCUT2D eigenvalue weighted by molar-refractivity contribution is 6.23. The number of allylic oxidation sites excluding steroid dienone is 4. The van der Waals surface area contributed by atoms with Gasteiger partial charge in [0.25, 0.3) is 0 Å². The number of nitrogens with zero attached hydrogens (tertiary/aromatic N) is 5. The van der Waals surface area contributed by atoms with Crippen LogP contribution in [0.4, 0.5) is 0 Å². The van der Waals surface area contributed by atoms with Crippen molar-refractivity contribution in [2.24, 2.45) is 0 Å². The summed E-state index contributed by atoms with van der Waals surface area (Å²) in [7, 11) is 0. The molecule has 0 spiro atoms. The summed E-state index contributed by atoms with van der Waals surface area (Å²) in [6, 6.07) is 60.4. The lowest BCUT2D eigenvalue weighted by atomic mass is 10.00. The van der Waals surface area contributed by atoms with Crippen LogP contribution in [0, 0.1) is 0 Å². The van der Waals surface area contributed by atoms with Crippen molar-refractivity contribution in [2.75, 3.05) is 0 Å². The van der Waals surface area contributed by atoms with Gasteiger partial charge in [0.15, 0.2) is 5.82 Å². The zero-order chi connectivity index (χ0) is 37.0. The number of rotatable bonds is 6. The highest BCUT2D eigenvalue weighted by Gasteiger charge is 2.24. The van der Waals surface area contributed by atoms with Crippen LogP contribution in [0.15, 0.2) is 194 Å². The van der Waals surface area contributed by atoms with E-state index in [0.717, 1.165) is 61.9 Å². The molecule has 7 aromatic carbocycles. The predicted octanol–water partition coefficient (Wildman–Crippen LogP) is 12.7. The summed E-state index contributed by atoms with van der Waals surface area (Å²) in [5.74, 6) is 2.05. The van der Waals surface area contributed by atoms with Gasteiger partial charge in [-0.05, 0) is 52.9 Å². The molecule has 3 aromatic heterocycles. The molecule has 56 heavy (non-hydrogen) atoms. The summed E-state index contributed by atoms with van der Waals surface area (Å²) in [6.07, 6.45) is 9.40. The number of benzene rings is 7. The SMILES string of the molecule is C1=CCC(c2nc(-c3ccc(-c4ccccc4)cc3)nc(-n3c4ccccc4c4ccc5c6ccccc6n(-c6ccc(-c7ccccc7)cc6)c5c43)n2)C=C1. The van der Waals surface area contributed by atoms with Crippen molar-refractivity contribution in [3.8, 4) is 45.3 Å². The minimum atomic E-state index is 0.0341. The molecule has 10 aromatic rings. The molecule has 5 nitrogen and oxygen atoms in total. The van der Waals surface area contributed by atoms with Gasteiger partial charge in [-0.1, -0.05) is 170 Å². The van der Waals surface area contributed by atoms with Crippen molar-refractivity contribution in [3.63, 3.8) is 0 Å². The van der Waals surface area contributed by atoms with Gasteiger partial charge in [0.05, 0.1) is 22.1 Å². The summed E-state index contributed by atoms with van der Waals surface area (Å²) in [5.41, 5.74) is 11.1. The van der Waals surface area contributed by atoms with Gasteiger partial charge in [0.1, 0.15) is 5.82 Å². The molecular weight excluding hydrogens is 683 g/mol. The van der Waals surface area contributed by atoms with Crippen LogP contribution in [0.3, 0.4) is 0 Å². The van der Waals surface area contributed by atoms with E-state index in [9.17, 15) is 0 Å². The van der Waals surface area contributed by atoms with Gasteiger partial charge >= 0.3 is 0 Å². The van der Waals surface area contributed by atoms with Crippen molar-refractivity contribution in [2.45, 2.75) is 12.3 Å². The maximum atomic E-state index is 5.35. The Morgan fingerprint density at radius 2 is 0.929 bits per heavy atom. The van der Waals surface area contributed by atoms with Crippen LogP contribution < -0.4 is 0 Å². The fourth-order valence-corrected chi connectivity index (χ4v) is 8.40. The number of para-hydroxylation sites is 2. The first-order valence-electron chi connectivity index (χ1n) is 19.2. The Bertz CT molecular complexity index is 3130. The molecule has 0 aliphatic heterocycles. The lowest BCUT2D eigenvalue weighted by molar-refractivity contribution is 0.750. The van der Waals surface area contributed by atoms with E-state index in [1.807, 2.05) is 6.07 Å². The van der Waals surface area contributed by atoms with E-state index in [0.29, 0.717) is 11.8 Å². The van der Waals surface area contributed by atoms with Crippen LogP contribution >= 0.6 is 0 Å². The molecule has 1 aliphatic carbocycles. The molecule has 1 unspecified atom stereocenters. The van der Waals surface area contributed by atoms with Crippen LogP contribution in [-0.4, -0.2) is 24.1 Å². The monoisotopic (exact) mass is 717 g/mol. The standard InChI is InChI=1S/C51H35N5/c1-4-14-34(15-5-1)36-24-26-39(27-25-36)50-52-49(38-18-8-3-9-19-38)53-51(54-50)56-46-23-13-11-21-42(46)44-33-32-43-41-20-10-12-22-45(41)55(47(43)48(44)56)40-30-28-37(29-31-40)35-16-6-2-7-17-35/h1-18,20-33,38H,19H2. The fraction of sp³-hybridized carbons (Fsp3) is 0.0392. The van der Waals surface area contributed by atoms with Crippen molar-refractivity contribution < 1.29 is 0 Å². The zero-order valence-corrected chi connectivity index (χ0v) is 30.5. The fourth-order valence-electron chi connectivity index (χ4n) is 8.40. The highest BCUT2D eigenvalue weighted by Crippen LogP contribution is 2.42. The molecule has 3 heterocycles. The van der Waals surface area contributed by atoms with Crippen molar-refractivity contribution in [3.05, 3.63) is 200 Å². The summed E-state index contributed by atoms with van der Waals surface area (Å²) in [4.78, 5) is 15.9. The molecular formula is C51H35N5. The second-order valence-corrected chi connectivity index (χ2v) is 14.4. The first-order valence-corrected chi connectivity index (χ1v) is 19.2. The van der Waals surface area contributed by atoms with E-state index in [1.54, 1.807) is 0 Å². The van der Waals surface area contributed by atoms with Crippen molar-refractivity contribution >= 4 is 43.6 Å². The molecule has 5 heteroatoms. The summed E-state index contributed by atoms with van der Waals surface area (Å²) in [6.45, 7) is 0. The second kappa shape index (κ2) is 13.2. The Kier molecular flexibility index (Phi) is 7.56. The summed E-state index contributed by atoms with van der Waals surface area (Å²) < 4.78 is 4.69. The Balaban J connectivity index is 1.19. The molecule has 1 atom stereocenters. The van der Waals surface area contributed by atoms with Crippen molar-refractivity contribution in [1.82, 2.24) is 24.1 Å². The predicted molar refractivity (Wildman–Crippen MR) is 230 cm³/mol. The van der Waals surface area contributed by atoms with Gasteiger partial charge in [-0.25, -0.2) is 4.98 Å². The van der Waals surface area contributed by atoms with Gasteiger partial charge in [-0.15, -0.1) is 0 Å². The normalized spacial score (nSPS) is 14.0. The Labute approximate surface area is 324 Å². The van der Waals surface area contributed by atoms with Gasteiger partial charge in [-0.3, -0.25) is 4.57 Å². The zero-order valence-electron chi connectivity index (χ0n) is 30.5. The minimum Gasteiger partial charge on any atom is -0.307 e. The van der Waals surface area contributed by atoms with Gasteiger partial charge < -0.3 is 4.57 Å². The Hall–Kier alpha value is -7.37. The summed E-state index contributed by atoms with van der Waals surface area (Å²) in [5, 5.41) is 4.67. The van der Waals surface area contributed by atoms with Crippen LogP contribution in [0.2, 0.25) is 0 Å². The van der Waals surface area contributed by atoms with Gasteiger partial charge in [0.2, 0.25) is 5.95 Å². The molecule has 0 radical (unpaired) electrons. The average molecular weight is 718 g/mol. The molecule has 0 amide bonds. The van der Waals surface area contributed by atoms with E-state index >= 15 is 0 Å². The third kappa shape index (κ3) is 5.28. The topological polar surface area (TPSA) is 48.5 Å². The van der Waals surface area contributed by atoms with E-state index in [2.05, 4.69) is 197 Å². The van der Waals surface area contributed by atoms with E-state index in [-0.39, 0.29) is 5.92 Å². The van der Waals surface area contributed by atoms with E-state index in [1.165, 1.54) is 27.5 Å². The largest absolute Gasteiger partial charge is 0.307 e. The molecule has 0 bridgehead atoms. The van der Waals surface area contributed by atoms with Gasteiger partial charge in [-0.2, -0.15) is 9.97 Å². The molecule has 0 saturated carbocycles. The molecule has 11 rings (SSSR count). The van der Waals surface area contributed by atoms with Crippen LogP contribution in [0.25, 0.3) is 88.9 Å². The second-order valence-electron chi connectivity index (χ2n) is 14.4.